The highest BCUT2D eigenvalue weighted by Crippen LogP contribution is 2.37. The van der Waals surface area contributed by atoms with E-state index in [1.54, 1.807) is 18.2 Å². The number of nitrogens with one attached hydrogen (secondary N) is 1. The van der Waals surface area contributed by atoms with Crippen molar-refractivity contribution in [2.24, 2.45) is 0 Å². The monoisotopic (exact) mass is 452 g/mol. The summed E-state index contributed by atoms with van der Waals surface area (Å²) >= 11 is 3.58. The van der Waals surface area contributed by atoms with E-state index in [2.05, 4.69) is 40.0 Å². The first-order valence-electron chi connectivity index (χ1n) is 9.83. The van der Waals surface area contributed by atoms with Gasteiger partial charge in [-0.3, -0.25) is 0 Å². The Balaban J connectivity index is 2.03. The molecule has 0 bridgehead atoms. The average Bonchev–Trinajstić information content (AvgIpc) is 2.69. The van der Waals surface area contributed by atoms with Crippen molar-refractivity contribution in [1.82, 2.24) is 10.2 Å². The van der Waals surface area contributed by atoms with Crippen molar-refractivity contribution in [2.75, 3.05) is 32.8 Å². The first-order valence-corrected chi connectivity index (χ1v) is 10.6. The molecule has 0 aliphatic carbocycles. The number of nitrogens with zero attached hydrogens (tertiary/aromatic N) is 1. The molecule has 0 amide bonds. The molecule has 0 saturated carbocycles. The molecule has 0 aliphatic heterocycles. The summed E-state index contributed by atoms with van der Waals surface area (Å²) in [5.74, 6) is 0.983. The maximum absolute atomic E-state index is 13.9. The SMILES string of the molecule is CCOc1cc(CNCCN(CC)CC)cc(Br)c1OCc1ccccc1F. The second kappa shape index (κ2) is 12.0. The highest BCUT2D eigenvalue weighted by Gasteiger charge is 2.13. The Bertz CT molecular complexity index is 738. The molecule has 0 saturated heterocycles. The van der Waals surface area contributed by atoms with Gasteiger partial charge < -0.3 is 19.7 Å². The van der Waals surface area contributed by atoms with Crippen LogP contribution in [0.15, 0.2) is 40.9 Å². The number of hydrogen-bond donors (Lipinski definition) is 1. The van der Waals surface area contributed by atoms with Gasteiger partial charge in [-0.1, -0.05) is 32.0 Å². The molecule has 154 valence electrons. The first kappa shape index (κ1) is 22.7. The summed E-state index contributed by atoms with van der Waals surface area (Å²) in [6, 6.07) is 10.6. The number of hydrogen-bond acceptors (Lipinski definition) is 4. The van der Waals surface area contributed by atoms with Gasteiger partial charge >= 0.3 is 0 Å². The van der Waals surface area contributed by atoms with E-state index in [1.165, 1.54) is 6.07 Å². The smallest absolute Gasteiger partial charge is 0.175 e. The van der Waals surface area contributed by atoms with Gasteiger partial charge in [-0.05, 0) is 59.7 Å². The van der Waals surface area contributed by atoms with Gasteiger partial charge in [0.25, 0.3) is 0 Å². The molecular formula is C22H30BrFN2O2. The molecular weight excluding hydrogens is 423 g/mol. The van der Waals surface area contributed by atoms with Crippen molar-refractivity contribution < 1.29 is 13.9 Å². The molecule has 0 spiro atoms. The summed E-state index contributed by atoms with van der Waals surface area (Å²) in [5, 5.41) is 3.47. The molecule has 2 aromatic rings. The van der Waals surface area contributed by atoms with Gasteiger partial charge in [-0.2, -0.15) is 0 Å². The van der Waals surface area contributed by atoms with E-state index >= 15 is 0 Å². The Hall–Kier alpha value is -1.63. The molecule has 0 heterocycles. The molecule has 1 N–H and O–H groups in total. The summed E-state index contributed by atoms with van der Waals surface area (Å²) < 4.78 is 26.3. The predicted octanol–water partition coefficient (Wildman–Crippen LogP) is 5.00. The van der Waals surface area contributed by atoms with E-state index in [0.29, 0.717) is 23.7 Å². The zero-order valence-corrected chi connectivity index (χ0v) is 18.5. The van der Waals surface area contributed by atoms with E-state index in [1.807, 2.05) is 19.1 Å². The quantitative estimate of drug-likeness (QED) is 0.459. The van der Waals surface area contributed by atoms with E-state index < -0.39 is 0 Å². The lowest BCUT2D eigenvalue weighted by molar-refractivity contribution is 0.264. The lowest BCUT2D eigenvalue weighted by Crippen LogP contribution is -2.31. The van der Waals surface area contributed by atoms with Crippen LogP contribution in [0.2, 0.25) is 0 Å². The van der Waals surface area contributed by atoms with Crippen LogP contribution in [0.4, 0.5) is 4.39 Å². The van der Waals surface area contributed by atoms with Crippen molar-refractivity contribution in [3.8, 4) is 11.5 Å². The minimum Gasteiger partial charge on any atom is -0.490 e. The molecule has 0 aromatic heterocycles. The molecule has 0 fully saturated rings. The number of likely N-dealkylation sites (N-methyl/N-ethyl adjacent to an activating group) is 1. The average molecular weight is 453 g/mol. The highest BCUT2D eigenvalue weighted by atomic mass is 79.9. The van der Waals surface area contributed by atoms with Crippen LogP contribution >= 0.6 is 15.9 Å². The number of halogens is 2. The van der Waals surface area contributed by atoms with Crippen LogP contribution in [-0.2, 0) is 13.2 Å². The van der Waals surface area contributed by atoms with Gasteiger partial charge in [0.1, 0.15) is 12.4 Å². The molecule has 0 atom stereocenters. The van der Waals surface area contributed by atoms with E-state index in [-0.39, 0.29) is 12.4 Å². The minimum atomic E-state index is -0.273. The minimum absolute atomic E-state index is 0.146. The van der Waals surface area contributed by atoms with Crippen molar-refractivity contribution in [3.63, 3.8) is 0 Å². The maximum Gasteiger partial charge on any atom is 0.175 e. The molecule has 0 unspecified atom stereocenters. The lowest BCUT2D eigenvalue weighted by Gasteiger charge is -2.19. The van der Waals surface area contributed by atoms with Crippen molar-refractivity contribution in [1.29, 1.82) is 0 Å². The second-order valence-corrected chi connectivity index (χ2v) is 7.28. The molecule has 4 nitrogen and oxygen atoms in total. The van der Waals surface area contributed by atoms with Crippen LogP contribution in [0.1, 0.15) is 31.9 Å². The Morgan fingerprint density at radius 3 is 2.50 bits per heavy atom. The lowest BCUT2D eigenvalue weighted by atomic mass is 10.2. The fourth-order valence-corrected chi connectivity index (χ4v) is 3.51. The van der Waals surface area contributed by atoms with Crippen LogP contribution in [0.3, 0.4) is 0 Å². The third-order valence-electron chi connectivity index (χ3n) is 4.53. The summed E-state index contributed by atoms with van der Waals surface area (Å²) in [6.45, 7) is 11.8. The van der Waals surface area contributed by atoms with Crippen molar-refractivity contribution in [3.05, 3.63) is 57.8 Å². The van der Waals surface area contributed by atoms with E-state index in [9.17, 15) is 4.39 Å². The molecule has 0 aliphatic rings. The van der Waals surface area contributed by atoms with Crippen molar-refractivity contribution in [2.45, 2.75) is 33.9 Å². The normalized spacial score (nSPS) is 11.1. The van der Waals surface area contributed by atoms with E-state index in [0.717, 1.165) is 42.8 Å². The Kier molecular flexibility index (Phi) is 9.75. The Morgan fingerprint density at radius 2 is 1.82 bits per heavy atom. The van der Waals surface area contributed by atoms with Crippen LogP contribution in [0, 0.1) is 5.82 Å². The molecule has 0 radical (unpaired) electrons. The van der Waals surface area contributed by atoms with Gasteiger partial charge in [-0.15, -0.1) is 0 Å². The summed E-state index contributed by atoms with van der Waals surface area (Å²) in [5.41, 5.74) is 1.62. The predicted molar refractivity (Wildman–Crippen MR) is 116 cm³/mol. The molecule has 2 rings (SSSR count). The third kappa shape index (κ3) is 6.76. The Labute approximate surface area is 176 Å². The largest absolute Gasteiger partial charge is 0.490 e. The molecule has 6 heteroatoms. The highest BCUT2D eigenvalue weighted by molar-refractivity contribution is 9.10. The van der Waals surface area contributed by atoms with Crippen molar-refractivity contribution >= 4 is 15.9 Å². The van der Waals surface area contributed by atoms with Crippen LogP contribution in [-0.4, -0.2) is 37.7 Å². The molecule has 28 heavy (non-hydrogen) atoms. The fraction of sp³-hybridized carbons (Fsp3) is 0.455. The van der Waals surface area contributed by atoms with Gasteiger partial charge in [0, 0.05) is 25.2 Å². The first-order chi connectivity index (χ1) is 13.6. The van der Waals surface area contributed by atoms with Gasteiger partial charge in [0.2, 0.25) is 0 Å². The molecule has 2 aromatic carbocycles. The van der Waals surface area contributed by atoms with Crippen LogP contribution < -0.4 is 14.8 Å². The van der Waals surface area contributed by atoms with Gasteiger partial charge in [-0.25, -0.2) is 4.39 Å². The fourth-order valence-electron chi connectivity index (χ4n) is 2.90. The van der Waals surface area contributed by atoms with Crippen LogP contribution in [0.5, 0.6) is 11.5 Å². The summed E-state index contributed by atoms with van der Waals surface area (Å²) in [4.78, 5) is 2.38. The topological polar surface area (TPSA) is 33.7 Å². The van der Waals surface area contributed by atoms with Gasteiger partial charge in [0.15, 0.2) is 11.5 Å². The Morgan fingerprint density at radius 1 is 1.07 bits per heavy atom. The number of ether oxygens (including phenoxy) is 2. The number of rotatable bonds is 12. The maximum atomic E-state index is 13.9. The zero-order valence-electron chi connectivity index (χ0n) is 16.9. The summed E-state index contributed by atoms with van der Waals surface area (Å²) in [7, 11) is 0. The second-order valence-electron chi connectivity index (χ2n) is 6.42. The van der Waals surface area contributed by atoms with E-state index in [4.69, 9.17) is 9.47 Å². The number of benzene rings is 2. The third-order valence-corrected chi connectivity index (χ3v) is 5.12. The summed E-state index contributed by atoms with van der Waals surface area (Å²) in [6.07, 6.45) is 0. The standard InChI is InChI=1S/C22H30BrFN2O2/c1-4-26(5-2)12-11-25-15-17-13-19(23)22(21(14-17)27-6-3)28-16-18-9-7-8-10-20(18)24/h7-10,13-14,25H,4-6,11-12,15-16H2,1-3H3. The van der Waals surface area contributed by atoms with Crippen LogP contribution in [0.25, 0.3) is 0 Å². The zero-order chi connectivity index (χ0) is 20.4. The van der Waals surface area contributed by atoms with Gasteiger partial charge in [0.05, 0.1) is 11.1 Å².